The first-order chi connectivity index (χ1) is 11.8. The Hall–Kier alpha value is -2.29. The zero-order valence-electron chi connectivity index (χ0n) is 13.3. The maximum Gasteiger partial charge on any atom is 0.282 e. The molecule has 0 saturated carbocycles. The van der Waals surface area contributed by atoms with E-state index in [9.17, 15) is 10.1 Å². The van der Waals surface area contributed by atoms with Crippen molar-refractivity contribution >= 4 is 17.0 Å². The van der Waals surface area contributed by atoms with Crippen LogP contribution < -0.4 is 5.32 Å². The van der Waals surface area contributed by atoms with Crippen LogP contribution in [0.25, 0.3) is 0 Å². The minimum Gasteiger partial charge on any atom is -0.323 e. The summed E-state index contributed by atoms with van der Waals surface area (Å²) in [6.07, 6.45) is 0. The first-order valence-corrected chi connectivity index (χ1v) is 8.91. The number of carbonyl (C=O) groups is 1. The van der Waals surface area contributed by atoms with Crippen molar-refractivity contribution < 1.29 is 4.79 Å². The van der Waals surface area contributed by atoms with E-state index in [-0.39, 0.29) is 17.3 Å². The Morgan fingerprint density at radius 2 is 1.75 bits per heavy atom. The zero-order valence-corrected chi connectivity index (χ0v) is 14.1. The third kappa shape index (κ3) is 3.97. The van der Waals surface area contributed by atoms with Gasteiger partial charge in [0.2, 0.25) is 0 Å². The second kappa shape index (κ2) is 8.00. The number of amides is 1. The minimum absolute atomic E-state index is 0.0469. The van der Waals surface area contributed by atoms with Crippen LogP contribution >= 0.6 is 11.8 Å². The molecule has 1 amide bonds. The second-order valence-corrected chi connectivity index (χ2v) is 6.70. The molecule has 1 aliphatic rings. The van der Waals surface area contributed by atoms with Gasteiger partial charge in [0.1, 0.15) is 6.04 Å². The highest BCUT2D eigenvalue weighted by molar-refractivity contribution is 8.13. The lowest BCUT2D eigenvalue weighted by atomic mass is 10.1. The number of thioether (sulfide) groups is 1. The van der Waals surface area contributed by atoms with E-state index in [1.54, 1.807) is 0 Å². The molecule has 0 radical (unpaired) electrons. The van der Waals surface area contributed by atoms with Crippen molar-refractivity contribution in [1.29, 1.82) is 5.26 Å². The van der Waals surface area contributed by atoms with Crippen molar-refractivity contribution in [3.63, 3.8) is 0 Å². The Balaban J connectivity index is 1.68. The predicted molar refractivity (Wildman–Crippen MR) is 96.3 cm³/mol. The Bertz CT molecular complexity index is 714. The molecule has 2 aromatic rings. The van der Waals surface area contributed by atoms with Crippen LogP contribution in [0.15, 0.2) is 60.7 Å². The number of carbonyl (C=O) groups excluding carboxylic acids is 1. The van der Waals surface area contributed by atoms with Crippen molar-refractivity contribution in [3.8, 4) is 6.07 Å². The number of hydrogen-bond acceptors (Lipinski definition) is 4. The van der Waals surface area contributed by atoms with Crippen molar-refractivity contribution in [2.45, 2.75) is 25.2 Å². The number of benzene rings is 2. The number of hydrogen-bond donors (Lipinski definition) is 1. The maximum atomic E-state index is 12.2. The highest BCUT2D eigenvalue weighted by atomic mass is 32.2. The van der Waals surface area contributed by atoms with E-state index in [0.29, 0.717) is 18.8 Å². The third-order valence-corrected chi connectivity index (χ3v) is 5.09. The van der Waals surface area contributed by atoms with Gasteiger partial charge in [-0.3, -0.25) is 10.1 Å². The normalized spacial score (nSPS) is 18.4. The molecule has 1 saturated heterocycles. The van der Waals surface area contributed by atoms with Gasteiger partial charge in [0, 0.05) is 18.8 Å². The molecule has 5 heteroatoms. The van der Waals surface area contributed by atoms with Crippen LogP contribution in [0.1, 0.15) is 11.1 Å². The largest absolute Gasteiger partial charge is 0.323 e. The molecule has 1 heterocycles. The van der Waals surface area contributed by atoms with Gasteiger partial charge in [-0.1, -0.05) is 72.4 Å². The highest BCUT2D eigenvalue weighted by Gasteiger charge is 2.37. The Morgan fingerprint density at radius 1 is 1.12 bits per heavy atom. The van der Waals surface area contributed by atoms with Crippen molar-refractivity contribution in [2.75, 3.05) is 5.75 Å². The summed E-state index contributed by atoms with van der Waals surface area (Å²) in [6.45, 7) is 1.16. The Kier molecular flexibility index (Phi) is 5.52. The SMILES string of the molecule is N#C[C@@H](NCc1ccccc1)[C@@H]1CSC(=O)N1Cc1ccccc1. The minimum atomic E-state index is -0.382. The van der Waals surface area contributed by atoms with Crippen LogP contribution in [-0.4, -0.2) is 28.0 Å². The summed E-state index contributed by atoms with van der Waals surface area (Å²) in [4.78, 5) is 14.0. The molecule has 3 rings (SSSR count). The van der Waals surface area contributed by atoms with E-state index in [1.165, 1.54) is 11.8 Å². The molecule has 4 nitrogen and oxygen atoms in total. The molecule has 1 N–H and O–H groups in total. The molecule has 2 atom stereocenters. The monoisotopic (exact) mass is 337 g/mol. The van der Waals surface area contributed by atoms with Crippen LogP contribution in [0.2, 0.25) is 0 Å². The van der Waals surface area contributed by atoms with Crippen LogP contribution in [0.4, 0.5) is 4.79 Å². The summed E-state index contributed by atoms with van der Waals surface area (Å²) in [6, 6.07) is 21.7. The average molecular weight is 337 g/mol. The quantitative estimate of drug-likeness (QED) is 0.878. The zero-order chi connectivity index (χ0) is 16.8. The van der Waals surface area contributed by atoms with Crippen molar-refractivity contribution in [3.05, 3.63) is 71.8 Å². The molecule has 0 unspecified atom stereocenters. The van der Waals surface area contributed by atoms with Crippen molar-refractivity contribution in [1.82, 2.24) is 10.2 Å². The average Bonchev–Trinajstić information content (AvgIpc) is 2.98. The number of rotatable bonds is 6. The molecule has 1 fully saturated rings. The van der Waals surface area contributed by atoms with Crippen molar-refractivity contribution in [2.24, 2.45) is 0 Å². The van der Waals surface area contributed by atoms with Gasteiger partial charge in [-0.25, -0.2) is 0 Å². The predicted octanol–water partition coefficient (Wildman–Crippen LogP) is 3.41. The number of nitriles is 1. The second-order valence-electron chi connectivity index (χ2n) is 5.73. The summed E-state index contributed by atoms with van der Waals surface area (Å²) in [5, 5.41) is 12.9. The van der Waals surface area contributed by atoms with E-state index in [4.69, 9.17) is 0 Å². The van der Waals surface area contributed by atoms with Crippen LogP contribution in [-0.2, 0) is 13.1 Å². The van der Waals surface area contributed by atoms with E-state index < -0.39 is 0 Å². The Morgan fingerprint density at radius 3 is 2.38 bits per heavy atom. The van der Waals surface area contributed by atoms with E-state index >= 15 is 0 Å². The molecule has 122 valence electrons. The molecule has 0 aromatic heterocycles. The highest BCUT2D eigenvalue weighted by Crippen LogP contribution is 2.28. The van der Waals surface area contributed by atoms with Crippen LogP contribution in [0.3, 0.4) is 0 Å². The fraction of sp³-hybridized carbons (Fsp3) is 0.263. The molecule has 24 heavy (non-hydrogen) atoms. The van der Waals surface area contributed by atoms with Gasteiger partial charge in [0.25, 0.3) is 5.24 Å². The third-order valence-electron chi connectivity index (χ3n) is 4.10. The van der Waals surface area contributed by atoms with E-state index in [0.717, 1.165) is 11.1 Å². The van der Waals surface area contributed by atoms with Gasteiger partial charge in [-0.05, 0) is 11.1 Å². The van der Waals surface area contributed by atoms with Gasteiger partial charge in [0.15, 0.2) is 0 Å². The van der Waals surface area contributed by atoms with Gasteiger partial charge in [0.05, 0.1) is 12.1 Å². The summed E-state index contributed by atoms with van der Waals surface area (Å²) < 4.78 is 0. The number of nitrogens with zero attached hydrogens (tertiary/aromatic N) is 2. The lowest BCUT2D eigenvalue weighted by Crippen LogP contribution is -2.47. The lowest BCUT2D eigenvalue weighted by molar-refractivity contribution is 0.198. The Labute approximate surface area is 146 Å². The number of nitrogens with one attached hydrogen (secondary N) is 1. The molecule has 0 aliphatic carbocycles. The van der Waals surface area contributed by atoms with E-state index in [2.05, 4.69) is 11.4 Å². The molecule has 0 spiro atoms. The van der Waals surface area contributed by atoms with E-state index in [1.807, 2.05) is 65.6 Å². The van der Waals surface area contributed by atoms with Gasteiger partial charge < -0.3 is 4.90 Å². The fourth-order valence-corrected chi connectivity index (χ4v) is 3.85. The first kappa shape index (κ1) is 16.6. The summed E-state index contributed by atoms with van der Waals surface area (Å²) in [7, 11) is 0. The first-order valence-electron chi connectivity index (χ1n) is 7.92. The van der Waals surface area contributed by atoms with Crippen LogP contribution in [0, 0.1) is 11.3 Å². The topological polar surface area (TPSA) is 56.1 Å². The lowest BCUT2D eigenvalue weighted by Gasteiger charge is -2.28. The van der Waals surface area contributed by atoms with Crippen LogP contribution in [0.5, 0.6) is 0 Å². The summed E-state index contributed by atoms with van der Waals surface area (Å²) in [5.41, 5.74) is 2.21. The molecule has 0 bridgehead atoms. The molecule has 1 aliphatic heterocycles. The maximum absolute atomic E-state index is 12.2. The molecular formula is C19H19N3OS. The standard InChI is InChI=1S/C19H19N3OS/c20-11-17(21-12-15-7-3-1-4-8-15)18-14-24-19(23)22(18)13-16-9-5-2-6-10-16/h1-10,17-18,21H,12-14H2/t17-,18+/m1/s1. The summed E-state index contributed by atoms with van der Waals surface area (Å²) in [5.74, 6) is 0.645. The molecular weight excluding hydrogens is 318 g/mol. The van der Waals surface area contributed by atoms with Gasteiger partial charge in [-0.2, -0.15) is 5.26 Å². The fourth-order valence-electron chi connectivity index (χ4n) is 2.79. The van der Waals surface area contributed by atoms with Gasteiger partial charge in [-0.15, -0.1) is 0 Å². The van der Waals surface area contributed by atoms with Gasteiger partial charge >= 0.3 is 0 Å². The summed E-state index contributed by atoms with van der Waals surface area (Å²) >= 11 is 1.29. The smallest absolute Gasteiger partial charge is 0.282 e. The molecule has 2 aromatic carbocycles.